The van der Waals surface area contributed by atoms with Crippen molar-refractivity contribution in [3.8, 4) is 0 Å². The number of carbonyl (C=O) groups is 1. The Hall–Kier alpha value is -2.30. The molecule has 122 valence electrons. The van der Waals surface area contributed by atoms with Gasteiger partial charge in [0.25, 0.3) is 5.91 Å². The van der Waals surface area contributed by atoms with Crippen molar-refractivity contribution < 1.29 is 4.79 Å². The number of aryl methyl sites for hydroxylation is 1. The second-order valence-electron chi connectivity index (χ2n) is 5.57. The van der Waals surface area contributed by atoms with E-state index < -0.39 is 0 Å². The first-order chi connectivity index (χ1) is 11.3. The molecule has 23 heavy (non-hydrogen) atoms. The topological polar surface area (TPSA) is 59.0 Å². The Bertz CT molecular complexity index is 615. The Kier molecular flexibility index (Phi) is 6.66. The molecule has 0 N–H and O–H groups in total. The molecule has 0 saturated carbocycles. The van der Waals surface area contributed by atoms with Gasteiger partial charge >= 0.3 is 0 Å². The van der Waals surface area contributed by atoms with Gasteiger partial charge in [-0.1, -0.05) is 26.7 Å². The van der Waals surface area contributed by atoms with Gasteiger partial charge in [-0.05, 0) is 30.5 Å². The molecule has 2 aromatic rings. The third-order valence-corrected chi connectivity index (χ3v) is 3.70. The third-order valence-electron chi connectivity index (χ3n) is 3.70. The van der Waals surface area contributed by atoms with Crippen molar-refractivity contribution in [2.24, 2.45) is 0 Å². The Balaban J connectivity index is 2.22. The number of rotatable bonds is 8. The number of hydrogen-bond acceptors (Lipinski definition) is 4. The molecule has 0 radical (unpaired) electrons. The zero-order valence-corrected chi connectivity index (χ0v) is 13.9. The summed E-state index contributed by atoms with van der Waals surface area (Å²) in [7, 11) is 0. The summed E-state index contributed by atoms with van der Waals surface area (Å²) < 4.78 is 0. The van der Waals surface area contributed by atoms with Crippen LogP contribution in [0.2, 0.25) is 0 Å². The highest BCUT2D eigenvalue weighted by Gasteiger charge is 2.19. The smallest absolute Gasteiger partial charge is 0.257 e. The van der Waals surface area contributed by atoms with Crippen LogP contribution in [-0.2, 0) is 13.0 Å². The van der Waals surface area contributed by atoms with Crippen LogP contribution in [0.5, 0.6) is 0 Å². The van der Waals surface area contributed by atoms with Crippen molar-refractivity contribution >= 4 is 5.91 Å². The van der Waals surface area contributed by atoms with Gasteiger partial charge in [-0.3, -0.25) is 9.78 Å². The lowest BCUT2D eigenvalue weighted by atomic mass is 10.1. The molecule has 0 saturated heterocycles. The van der Waals surface area contributed by atoms with Crippen LogP contribution in [0.3, 0.4) is 0 Å². The van der Waals surface area contributed by atoms with Gasteiger partial charge in [0.2, 0.25) is 0 Å². The first kappa shape index (κ1) is 17.1. The van der Waals surface area contributed by atoms with E-state index in [9.17, 15) is 4.79 Å². The van der Waals surface area contributed by atoms with E-state index in [1.807, 2.05) is 17.0 Å². The van der Waals surface area contributed by atoms with E-state index in [4.69, 9.17) is 0 Å². The van der Waals surface area contributed by atoms with E-state index in [2.05, 4.69) is 28.8 Å². The number of carbonyl (C=O) groups excluding carboxylic acids is 1. The minimum atomic E-state index is 0.0133. The van der Waals surface area contributed by atoms with Crippen LogP contribution >= 0.6 is 0 Å². The van der Waals surface area contributed by atoms with Crippen LogP contribution < -0.4 is 0 Å². The second kappa shape index (κ2) is 8.98. The maximum atomic E-state index is 13.0. The molecule has 5 heteroatoms. The summed E-state index contributed by atoms with van der Waals surface area (Å²) in [6, 6.07) is 3.89. The lowest BCUT2D eigenvalue weighted by Crippen LogP contribution is -2.32. The third kappa shape index (κ3) is 4.84. The molecule has 0 aromatic carbocycles. The minimum Gasteiger partial charge on any atom is -0.334 e. The maximum absolute atomic E-state index is 13.0. The largest absolute Gasteiger partial charge is 0.334 e. The molecule has 0 aliphatic heterocycles. The van der Waals surface area contributed by atoms with Gasteiger partial charge in [-0.25, -0.2) is 9.97 Å². The highest BCUT2D eigenvalue weighted by molar-refractivity contribution is 5.95. The van der Waals surface area contributed by atoms with Crippen LogP contribution in [-0.4, -0.2) is 32.3 Å². The second-order valence-corrected chi connectivity index (χ2v) is 5.57. The van der Waals surface area contributed by atoms with Gasteiger partial charge in [0.15, 0.2) is 0 Å². The monoisotopic (exact) mass is 312 g/mol. The normalized spacial score (nSPS) is 10.5. The molecule has 0 aliphatic rings. The SMILES string of the molecule is CCCCN(Cc1ccncc1)C(=O)c1cncnc1CCC. The summed E-state index contributed by atoms with van der Waals surface area (Å²) >= 11 is 0. The first-order valence-corrected chi connectivity index (χ1v) is 8.23. The van der Waals surface area contributed by atoms with E-state index in [1.54, 1.807) is 18.6 Å². The summed E-state index contributed by atoms with van der Waals surface area (Å²) in [5.41, 5.74) is 2.54. The molecule has 2 heterocycles. The van der Waals surface area contributed by atoms with Crippen molar-refractivity contribution in [2.75, 3.05) is 6.54 Å². The quantitative estimate of drug-likeness (QED) is 0.750. The van der Waals surface area contributed by atoms with Crippen molar-refractivity contribution in [3.63, 3.8) is 0 Å². The summed E-state index contributed by atoms with van der Waals surface area (Å²) in [5, 5.41) is 0. The number of aromatic nitrogens is 3. The van der Waals surface area contributed by atoms with Crippen LogP contribution in [0, 0.1) is 0 Å². The molecular weight excluding hydrogens is 288 g/mol. The molecule has 0 fully saturated rings. The first-order valence-electron chi connectivity index (χ1n) is 8.23. The van der Waals surface area contributed by atoms with Crippen LogP contribution in [0.4, 0.5) is 0 Å². The fraction of sp³-hybridized carbons (Fsp3) is 0.444. The highest BCUT2D eigenvalue weighted by atomic mass is 16.2. The van der Waals surface area contributed by atoms with Gasteiger partial charge in [0.1, 0.15) is 6.33 Å². The van der Waals surface area contributed by atoms with Crippen LogP contribution in [0.1, 0.15) is 54.7 Å². The summed E-state index contributed by atoms with van der Waals surface area (Å²) in [6.45, 7) is 5.53. The van der Waals surface area contributed by atoms with Gasteiger partial charge < -0.3 is 4.90 Å². The maximum Gasteiger partial charge on any atom is 0.257 e. The number of unbranched alkanes of at least 4 members (excludes halogenated alkanes) is 1. The van der Waals surface area contributed by atoms with Crippen molar-refractivity contribution in [3.05, 3.63) is 53.9 Å². The molecule has 0 bridgehead atoms. The van der Waals surface area contributed by atoms with Crippen molar-refractivity contribution in [2.45, 2.75) is 46.1 Å². The minimum absolute atomic E-state index is 0.0133. The van der Waals surface area contributed by atoms with Crippen LogP contribution in [0.25, 0.3) is 0 Å². The number of nitrogens with zero attached hydrogens (tertiary/aromatic N) is 4. The van der Waals surface area contributed by atoms with Crippen molar-refractivity contribution in [1.82, 2.24) is 19.9 Å². The molecule has 5 nitrogen and oxygen atoms in total. The lowest BCUT2D eigenvalue weighted by molar-refractivity contribution is 0.0738. The molecular formula is C18H24N4O. The predicted molar refractivity (Wildman–Crippen MR) is 89.9 cm³/mol. The van der Waals surface area contributed by atoms with E-state index >= 15 is 0 Å². The Labute approximate surface area is 137 Å². The Morgan fingerprint density at radius 2 is 1.91 bits per heavy atom. The fourth-order valence-electron chi connectivity index (χ4n) is 2.45. The van der Waals surface area contributed by atoms with Crippen LogP contribution in [0.15, 0.2) is 37.1 Å². The van der Waals surface area contributed by atoms with Gasteiger partial charge in [0, 0.05) is 31.7 Å². The fourth-order valence-corrected chi connectivity index (χ4v) is 2.45. The zero-order valence-electron chi connectivity index (χ0n) is 13.9. The molecule has 0 atom stereocenters. The molecule has 1 amide bonds. The molecule has 0 spiro atoms. The number of hydrogen-bond donors (Lipinski definition) is 0. The average molecular weight is 312 g/mol. The van der Waals surface area contributed by atoms with Gasteiger partial charge in [0.05, 0.1) is 11.3 Å². The average Bonchev–Trinajstić information content (AvgIpc) is 2.60. The summed E-state index contributed by atoms with van der Waals surface area (Å²) in [6.07, 6.45) is 10.4. The lowest BCUT2D eigenvalue weighted by Gasteiger charge is -2.23. The van der Waals surface area contributed by atoms with E-state index in [0.29, 0.717) is 12.1 Å². The molecule has 2 aromatic heterocycles. The molecule has 0 unspecified atom stereocenters. The van der Waals surface area contributed by atoms with Gasteiger partial charge in [-0.15, -0.1) is 0 Å². The van der Waals surface area contributed by atoms with Crippen molar-refractivity contribution in [1.29, 1.82) is 0 Å². The Morgan fingerprint density at radius 1 is 1.13 bits per heavy atom. The van der Waals surface area contributed by atoms with E-state index in [1.165, 1.54) is 6.33 Å². The molecule has 0 aliphatic carbocycles. The zero-order chi connectivity index (χ0) is 16.5. The number of pyridine rings is 1. The summed E-state index contributed by atoms with van der Waals surface area (Å²) in [4.78, 5) is 27.2. The Morgan fingerprint density at radius 3 is 2.61 bits per heavy atom. The predicted octanol–water partition coefficient (Wildman–Crippen LogP) is 3.27. The van der Waals surface area contributed by atoms with Gasteiger partial charge in [-0.2, -0.15) is 0 Å². The molecule has 2 rings (SSSR count). The highest BCUT2D eigenvalue weighted by Crippen LogP contribution is 2.14. The summed E-state index contributed by atoms with van der Waals surface area (Å²) in [5.74, 6) is 0.0133. The van der Waals surface area contributed by atoms with E-state index in [-0.39, 0.29) is 5.91 Å². The van der Waals surface area contributed by atoms with E-state index in [0.717, 1.165) is 43.5 Å². The number of amides is 1. The standard InChI is InChI=1S/C18H24N4O/c1-3-5-11-22(13-15-7-9-19-10-8-15)18(23)16-12-20-14-21-17(16)6-4-2/h7-10,12,14H,3-6,11,13H2,1-2H3.